The van der Waals surface area contributed by atoms with Crippen LogP contribution in [0.3, 0.4) is 0 Å². The summed E-state index contributed by atoms with van der Waals surface area (Å²) >= 11 is 0. The highest BCUT2D eigenvalue weighted by molar-refractivity contribution is 6.06. The maximum atomic E-state index is 12.3. The molecule has 0 spiro atoms. The number of anilines is 3. The lowest BCUT2D eigenvalue weighted by Gasteiger charge is -2.31. The second kappa shape index (κ2) is 8.66. The van der Waals surface area contributed by atoms with Crippen LogP contribution in [0.15, 0.2) is 30.7 Å². The van der Waals surface area contributed by atoms with E-state index in [4.69, 9.17) is 4.74 Å². The quantitative estimate of drug-likeness (QED) is 0.574. The van der Waals surface area contributed by atoms with Gasteiger partial charge in [-0.25, -0.2) is 9.97 Å². The number of piperidine rings is 1. The van der Waals surface area contributed by atoms with Crippen molar-refractivity contribution in [1.29, 1.82) is 0 Å². The van der Waals surface area contributed by atoms with Crippen LogP contribution >= 0.6 is 0 Å². The molecule has 0 unspecified atom stereocenters. The van der Waals surface area contributed by atoms with E-state index in [2.05, 4.69) is 35.5 Å². The van der Waals surface area contributed by atoms with Gasteiger partial charge in [-0.1, -0.05) is 0 Å². The van der Waals surface area contributed by atoms with Gasteiger partial charge in [-0.15, -0.1) is 0 Å². The Morgan fingerprint density at radius 3 is 2.80 bits per heavy atom. The zero-order chi connectivity index (χ0) is 21.1. The van der Waals surface area contributed by atoms with E-state index in [-0.39, 0.29) is 11.9 Å². The van der Waals surface area contributed by atoms with Crippen molar-refractivity contribution >= 4 is 34.4 Å². The zero-order valence-electron chi connectivity index (χ0n) is 17.5. The average Bonchev–Trinajstić information content (AvgIpc) is 3.17. The summed E-state index contributed by atoms with van der Waals surface area (Å²) in [4.78, 5) is 31.2. The lowest BCUT2D eigenvalue weighted by molar-refractivity contribution is 0.0816. The minimum atomic E-state index is -0.114. The van der Waals surface area contributed by atoms with E-state index in [1.165, 1.54) is 0 Å². The second-order valence-electron chi connectivity index (χ2n) is 7.73. The number of hydrogen-bond donors (Lipinski definition) is 3. The third kappa shape index (κ3) is 4.35. The van der Waals surface area contributed by atoms with Crippen molar-refractivity contribution in [2.45, 2.75) is 38.8 Å². The second-order valence-corrected chi connectivity index (χ2v) is 7.73. The molecule has 1 fully saturated rings. The summed E-state index contributed by atoms with van der Waals surface area (Å²) in [6.07, 6.45) is 7.40. The minimum Gasteiger partial charge on any atom is -0.381 e. The normalized spacial score (nSPS) is 15.0. The Balaban J connectivity index is 1.49. The van der Waals surface area contributed by atoms with Crippen molar-refractivity contribution in [2.75, 3.05) is 30.4 Å². The third-order valence-electron chi connectivity index (χ3n) is 5.19. The van der Waals surface area contributed by atoms with E-state index in [1.54, 1.807) is 25.7 Å². The molecule has 0 atom stereocenters. The van der Waals surface area contributed by atoms with Crippen LogP contribution in [0.4, 0.5) is 17.6 Å². The molecule has 0 aliphatic carbocycles. The number of pyridine rings is 1. The maximum Gasteiger partial charge on any atom is 0.253 e. The fraction of sp³-hybridized carbons (Fsp3) is 0.429. The van der Waals surface area contributed by atoms with Gasteiger partial charge >= 0.3 is 0 Å². The zero-order valence-corrected chi connectivity index (χ0v) is 17.5. The number of H-pyrrole nitrogens is 1. The van der Waals surface area contributed by atoms with Crippen LogP contribution in [0.5, 0.6) is 0 Å². The molecule has 3 N–H and O–H groups in total. The molecule has 30 heavy (non-hydrogen) atoms. The lowest BCUT2D eigenvalue weighted by atomic mass is 10.1. The summed E-state index contributed by atoms with van der Waals surface area (Å²) < 4.78 is 5.43. The summed E-state index contributed by atoms with van der Waals surface area (Å²) in [5.41, 5.74) is 1.42. The molecule has 0 saturated carbocycles. The van der Waals surface area contributed by atoms with E-state index in [1.807, 2.05) is 26.0 Å². The Hall–Kier alpha value is -3.20. The van der Waals surface area contributed by atoms with Crippen LogP contribution < -0.4 is 15.5 Å². The largest absolute Gasteiger partial charge is 0.381 e. The first-order valence-corrected chi connectivity index (χ1v) is 10.2. The number of aromatic amines is 1. The van der Waals surface area contributed by atoms with Crippen LogP contribution in [0, 0.1) is 0 Å². The Morgan fingerprint density at radius 1 is 1.27 bits per heavy atom. The van der Waals surface area contributed by atoms with Crippen molar-refractivity contribution in [3.8, 4) is 0 Å². The van der Waals surface area contributed by atoms with Gasteiger partial charge in [0.1, 0.15) is 11.6 Å². The Kier molecular flexibility index (Phi) is 5.80. The molecule has 3 aromatic rings. The monoisotopic (exact) mass is 409 g/mol. The first kappa shape index (κ1) is 20.1. The van der Waals surface area contributed by atoms with Gasteiger partial charge in [0.15, 0.2) is 0 Å². The van der Waals surface area contributed by atoms with E-state index in [0.717, 1.165) is 36.8 Å². The van der Waals surface area contributed by atoms with Gasteiger partial charge in [0.05, 0.1) is 17.2 Å². The number of amides is 1. The van der Waals surface area contributed by atoms with Gasteiger partial charge in [0.2, 0.25) is 5.95 Å². The molecule has 0 aromatic carbocycles. The number of ether oxygens (including phenoxy) is 1. The van der Waals surface area contributed by atoms with Gasteiger partial charge in [0.25, 0.3) is 5.91 Å². The fourth-order valence-electron chi connectivity index (χ4n) is 3.61. The van der Waals surface area contributed by atoms with E-state index in [0.29, 0.717) is 29.3 Å². The molecule has 0 radical (unpaired) electrons. The highest BCUT2D eigenvalue weighted by Crippen LogP contribution is 2.23. The van der Waals surface area contributed by atoms with Crippen LogP contribution in [0.25, 0.3) is 10.9 Å². The topological polar surface area (TPSA) is 108 Å². The van der Waals surface area contributed by atoms with Crippen molar-refractivity contribution < 1.29 is 9.53 Å². The molecule has 1 amide bonds. The molecule has 4 rings (SSSR count). The number of carbonyl (C=O) groups is 1. The Labute approximate surface area is 175 Å². The number of rotatable bonds is 6. The maximum absolute atomic E-state index is 12.3. The van der Waals surface area contributed by atoms with Gasteiger partial charge in [-0.3, -0.25) is 4.79 Å². The van der Waals surface area contributed by atoms with Gasteiger partial charge in [-0.05, 0) is 32.8 Å². The smallest absolute Gasteiger partial charge is 0.253 e. The molecule has 0 bridgehead atoms. The fourth-order valence-corrected chi connectivity index (χ4v) is 3.61. The molecule has 1 saturated heterocycles. The number of carbonyl (C=O) groups excluding carboxylic acids is 1. The first-order chi connectivity index (χ1) is 14.5. The Morgan fingerprint density at radius 2 is 2.07 bits per heavy atom. The molecule has 1 aliphatic rings. The van der Waals surface area contributed by atoms with Gasteiger partial charge in [-0.2, -0.15) is 4.98 Å². The summed E-state index contributed by atoms with van der Waals surface area (Å²) in [7, 11) is 1.76. The number of hydrogen-bond acceptors (Lipinski definition) is 7. The van der Waals surface area contributed by atoms with Crippen LogP contribution in [0.1, 0.15) is 37.0 Å². The van der Waals surface area contributed by atoms with Gasteiger partial charge < -0.3 is 25.3 Å². The molecular formula is C21H27N7O2. The van der Waals surface area contributed by atoms with Crippen LogP contribution in [0.2, 0.25) is 0 Å². The molecule has 9 nitrogen and oxygen atoms in total. The average molecular weight is 409 g/mol. The van der Waals surface area contributed by atoms with E-state index < -0.39 is 0 Å². The number of fused-ring (bicyclic) bond motifs is 1. The van der Waals surface area contributed by atoms with E-state index >= 15 is 0 Å². The predicted octanol–water partition coefficient (Wildman–Crippen LogP) is 2.85. The summed E-state index contributed by atoms with van der Waals surface area (Å²) in [5.74, 6) is 1.90. The summed E-state index contributed by atoms with van der Waals surface area (Å²) in [6, 6.07) is 3.75. The van der Waals surface area contributed by atoms with Crippen molar-refractivity contribution in [3.05, 3.63) is 36.3 Å². The highest BCUT2D eigenvalue weighted by Gasteiger charge is 2.21. The molecule has 158 valence electrons. The molecular weight excluding hydrogens is 382 g/mol. The highest BCUT2D eigenvalue weighted by atomic mass is 16.5. The number of nitrogens with one attached hydrogen (secondary N) is 3. The molecule has 3 aromatic heterocycles. The predicted molar refractivity (Wildman–Crippen MR) is 116 cm³/mol. The number of methoxy groups -OCH3 is 1. The standard InChI is InChI=1S/C21H27N7O2/c1-13(2)25-20(29)16-12-23-17-10-19(24-11-15(16)17)26-18-4-7-22-21(27-18)28-8-5-14(30-3)6-9-28/h4,7,10-14,23H,5-6,8-9H2,1-3H3,(H,25,29)(H,22,24,26,27). The Bertz CT molecular complexity index is 1030. The SMILES string of the molecule is COC1CCN(c2nccc(Nc3cc4[nH]cc(C(=O)NC(C)C)c4cn3)n2)CC1. The third-order valence-corrected chi connectivity index (χ3v) is 5.19. The minimum absolute atomic E-state index is 0.0728. The number of aromatic nitrogens is 4. The summed E-state index contributed by atoms with van der Waals surface area (Å²) in [6.45, 7) is 5.61. The van der Waals surface area contributed by atoms with Crippen molar-refractivity contribution in [1.82, 2.24) is 25.3 Å². The van der Waals surface area contributed by atoms with Crippen molar-refractivity contribution in [3.63, 3.8) is 0 Å². The van der Waals surface area contributed by atoms with E-state index in [9.17, 15) is 4.79 Å². The number of nitrogens with zero attached hydrogens (tertiary/aromatic N) is 4. The molecule has 4 heterocycles. The summed E-state index contributed by atoms with van der Waals surface area (Å²) in [5, 5.41) is 6.92. The molecule has 1 aliphatic heterocycles. The first-order valence-electron chi connectivity index (χ1n) is 10.2. The van der Waals surface area contributed by atoms with Crippen LogP contribution in [-0.4, -0.2) is 58.2 Å². The van der Waals surface area contributed by atoms with Gasteiger partial charge in [0, 0.05) is 56.3 Å². The van der Waals surface area contributed by atoms with Crippen LogP contribution in [-0.2, 0) is 4.74 Å². The molecule has 9 heteroatoms. The van der Waals surface area contributed by atoms with Crippen molar-refractivity contribution in [2.24, 2.45) is 0 Å². The lowest BCUT2D eigenvalue weighted by Crippen LogP contribution is -2.37.